The molecule has 0 saturated carbocycles. The van der Waals surface area contributed by atoms with Crippen LogP contribution in [0.4, 0.5) is 0 Å². The zero-order chi connectivity index (χ0) is 36.6. The molecule has 0 amide bonds. The highest BCUT2D eigenvalue weighted by atomic mass is 15.1. The minimum atomic E-state index is 0.887. The van der Waals surface area contributed by atoms with Crippen LogP contribution < -0.4 is 0 Å². The number of aromatic nitrogens is 2. The van der Waals surface area contributed by atoms with Crippen LogP contribution in [0.2, 0.25) is 0 Å². The van der Waals surface area contributed by atoms with Gasteiger partial charge >= 0.3 is 0 Å². The van der Waals surface area contributed by atoms with Gasteiger partial charge in [0.2, 0.25) is 0 Å². The van der Waals surface area contributed by atoms with Crippen LogP contribution in [0.3, 0.4) is 0 Å². The zero-order valence-corrected chi connectivity index (χ0v) is 30.2. The van der Waals surface area contributed by atoms with Crippen molar-refractivity contribution in [3.63, 3.8) is 0 Å². The molecule has 8 aromatic carbocycles. The van der Waals surface area contributed by atoms with Gasteiger partial charge in [0.25, 0.3) is 0 Å². The summed E-state index contributed by atoms with van der Waals surface area (Å²) in [5.41, 5.74) is 16.1. The molecular formula is C53H36N2. The van der Waals surface area contributed by atoms with Crippen molar-refractivity contribution in [2.45, 2.75) is 0 Å². The van der Waals surface area contributed by atoms with Gasteiger partial charge in [-0.15, -0.1) is 0 Å². The molecule has 0 aliphatic rings. The molecule has 258 valence electrons. The number of hydrogen-bond acceptors (Lipinski definition) is 1. The lowest BCUT2D eigenvalue weighted by atomic mass is 9.96. The molecule has 0 saturated heterocycles. The second kappa shape index (κ2) is 13.9. The van der Waals surface area contributed by atoms with Crippen LogP contribution in [0.1, 0.15) is 0 Å². The Balaban J connectivity index is 1.20. The third-order valence-electron chi connectivity index (χ3n) is 10.6. The van der Waals surface area contributed by atoms with E-state index in [0.717, 1.165) is 39.2 Å². The molecule has 2 nitrogen and oxygen atoms in total. The first-order valence-corrected chi connectivity index (χ1v) is 18.8. The highest BCUT2D eigenvalue weighted by Crippen LogP contribution is 2.39. The number of rotatable bonds is 7. The quantitative estimate of drug-likeness (QED) is 0.162. The summed E-state index contributed by atoms with van der Waals surface area (Å²) in [6.07, 6.45) is 0. The lowest BCUT2D eigenvalue weighted by molar-refractivity contribution is 1.08. The minimum Gasteiger partial charge on any atom is -0.294 e. The predicted octanol–water partition coefficient (Wildman–Crippen LogP) is 14.2. The molecular weight excluding hydrogens is 665 g/mol. The maximum Gasteiger partial charge on any atom is 0.138 e. The number of nitrogens with zero attached hydrogens (tertiary/aromatic N) is 2. The van der Waals surface area contributed by atoms with Crippen LogP contribution in [-0.2, 0) is 0 Å². The summed E-state index contributed by atoms with van der Waals surface area (Å²) in [5, 5.41) is 2.37. The van der Waals surface area contributed by atoms with Crippen LogP contribution in [-0.4, -0.2) is 9.55 Å². The van der Waals surface area contributed by atoms with Crippen LogP contribution in [0.5, 0.6) is 0 Å². The fourth-order valence-corrected chi connectivity index (χ4v) is 7.83. The van der Waals surface area contributed by atoms with E-state index < -0.39 is 0 Å². The SMILES string of the molecule is c1ccc(-c2cccc(-c3ccc4c(c3)c3cc(-c5cccc(-c6ccccc6)c5)ccc3n4-c3cc(-c4ccccc4)cc(-c4ccccc4)n3)c2)cc1. The van der Waals surface area contributed by atoms with Crippen LogP contribution >= 0.6 is 0 Å². The summed E-state index contributed by atoms with van der Waals surface area (Å²) in [5.74, 6) is 0.887. The Labute approximate surface area is 321 Å². The van der Waals surface area contributed by atoms with Gasteiger partial charge in [0.1, 0.15) is 5.82 Å². The molecule has 0 fully saturated rings. The first-order chi connectivity index (χ1) is 27.2. The Kier molecular flexibility index (Phi) is 8.20. The molecule has 2 heteroatoms. The third kappa shape index (κ3) is 6.20. The lowest BCUT2D eigenvalue weighted by Crippen LogP contribution is -2.00. The molecule has 0 N–H and O–H groups in total. The number of fused-ring (bicyclic) bond motifs is 3. The van der Waals surface area contributed by atoms with Gasteiger partial charge in [-0.05, 0) is 104 Å². The predicted molar refractivity (Wildman–Crippen MR) is 231 cm³/mol. The normalized spacial score (nSPS) is 11.3. The summed E-state index contributed by atoms with van der Waals surface area (Å²) >= 11 is 0. The molecule has 0 radical (unpaired) electrons. The molecule has 0 unspecified atom stereocenters. The van der Waals surface area contributed by atoms with Gasteiger partial charge in [0.15, 0.2) is 0 Å². The Morgan fingerprint density at radius 2 is 0.618 bits per heavy atom. The molecule has 0 bridgehead atoms. The summed E-state index contributed by atoms with van der Waals surface area (Å²) in [6.45, 7) is 0. The first-order valence-electron chi connectivity index (χ1n) is 18.8. The van der Waals surface area contributed by atoms with Crippen molar-refractivity contribution < 1.29 is 0 Å². The minimum absolute atomic E-state index is 0.887. The molecule has 10 rings (SSSR count). The van der Waals surface area contributed by atoms with Crippen molar-refractivity contribution in [1.29, 1.82) is 0 Å². The topological polar surface area (TPSA) is 17.8 Å². The zero-order valence-electron chi connectivity index (χ0n) is 30.2. The number of benzene rings is 8. The van der Waals surface area contributed by atoms with E-state index in [1.165, 1.54) is 55.3 Å². The van der Waals surface area contributed by atoms with E-state index in [4.69, 9.17) is 4.98 Å². The summed E-state index contributed by atoms with van der Waals surface area (Å²) in [4.78, 5) is 5.39. The highest BCUT2D eigenvalue weighted by Gasteiger charge is 2.18. The number of hydrogen-bond donors (Lipinski definition) is 0. The van der Waals surface area contributed by atoms with Crippen molar-refractivity contribution in [2.75, 3.05) is 0 Å². The number of pyridine rings is 1. The van der Waals surface area contributed by atoms with Gasteiger partial charge in [-0.1, -0.05) is 170 Å². The van der Waals surface area contributed by atoms with E-state index in [2.05, 4.69) is 223 Å². The maximum atomic E-state index is 5.39. The van der Waals surface area contributed by atoms with Crippen molar-refractivity contribution in [3.05, 3.63) is 218 Å². The average Bonchev–Trinajstić information content (AvgIpc) is 3.60. The largest absolute Gasteiger partial charge is 0.294 e. The maximum absolute atomic E-state index is 5.39. The summed E-state index contributed by atoms with van der Waals surface area (Å²) < 4.78 is 2.35. The summed E-state index contributed by atoms with van der Waals surface area (Å²) in [6, 6.07) is 78.2. The second-order valence-corrected chi connectivity index (χ2v) is 14.0. The lowest BCUT2D eigenvalue weighted by Gasteiger charge is -2.13. The highest BCUT2D eigenvalue weighted by molar-refractivity contribution is 6.11. The molecule has 2 aromatic heterocycles. The molecule has 0 aliphatic heterocycles. The molecule has 55 heavy (non-hydrogen) atoms. The molecule has 10 aromatic rings. The van der Waals surface area contributed by atoms with Gasteiger partial charge in [-0.25, -0.2) is 4.98 Å². The fraction of sp³-hybridized carbons (Fsp3) is 0. The smallest absolute Gasteiger partial charge is 0.138 e. The van der Waals surface area contributed by atoms with Crippen LogP contribution in [0.25, 0.3) is 94.5 Å². The second-order valence-electron chi connectivity index (χ2n) is 14.0. The van der Waals surface area contributed by atoms with Gasteiger partial charge in [-0.2, -0.15) is 0 Å². The van der Waals surface area contributed by atoms with Crippen molar-refractivity contribution >= 4 is 21.8 Å². The van der Waals surface area contributed by atoms with E-state index >= 15 is 0 Å². The van der Waals surface area contributed by atoms with E-state index in [9.17, 15) is 0 Å². The molecule has 2 heterocycles. The molecule has 0 spiro atoms. The van der Waals surface area contributed by atoms with Crippen LogP contribution in [0.15, 0.2) is 218 Å². The monoisotopic (exact) mass is 700 g/mol. The van der Waals surface area contributed by atoms with E-state index in [0.29, 0.717) is 0 Å². The van der Waals surface area contributed by atoms with E-state index in [-0.39, 0.29) is 0 Å². The van der Waals surface area contributed by atoms with Crippen molar-refractivity contribution in [2.24, 2.45) is 0 Å². The first kappa shape index (κ1) is 32.4. The van der Waals surface area contributed by atoms with Crippen molar-refractivity contribution in [3.8, 4) is 72.7 Å². The van der Waals surface area contributed by atoms with Gasteiger partial charge < -0.3 is 0 Å². The fourth-order valence-electron chi connectivity index (χ4n) is 7.83. The standard InChI is InChI=1S/C53H36N2/c1-5-15-37(16-6-1)41-23-13-25-43(31-41)45-27-29-51-48(33-45)49-34-46(44-26-14-24-42(32-44)38-17-7-2-8-18-38)28-30-52(49)55(51)53-36-47(39-19-9-3-10-20-39)35-50(54-53)40-21-11-4-12-22-40/h1-36H. The Morgan fingerprint density at radius 1 is 0.255 bits per heavy atom. The average molecular weight is 701 g/mol. The van der Waals surface area contributed by atoms with Gasteiger partial charge in [0, 0.05) is 16.3 Å². The van der Waals surface area contributed by atoms with Crippen LogP contribution in [0, 0.1) is 0 Å². The molecule has 0 aliphatic carbocycles. The van der Waals surface area contributed by atoms with Gasteiger partial charge in [0.05, 0.1) is 16.7 Å². The summed E-state index contributed by atoms with van der Waals surface area (Å²) in [7, 11) is 0. The third-order valence-corrected chi connectivity index (χ3v) is 10.6. The van der Waals surface area contributed by atoms with Gasteiger partial charge in [-0.3, -0.25) is 4.57 Å². The Morgan fingerprint density at radius 3 is 1.07 bits per heavy atom. The van der Waals surface area contributed by atoms with E-state index in [1.807, 2.05) is 0 Å². The Bertz CT molecular complexity index is 2750. The van der Waals surface area contributed by atoms with Crippen molar-refractivity contribution in [1.82, 2.24) is 9.55 Å². The van der Waals surface area contributed by atoms with E-state index in [1.54, 1.807) is 0 Å². The molecule has 0 atom stereocenters. The Hall–Kier alpha value is -7.29.